The molecule has 0 heteroatoms. The summed E-state index contributed by atoms with van der Waals surface area (Å²) in [6.07, 6.45) is 3.10. The van der Waals surface area contributed by atoms with Crippen LogP contribution in [0.3, 0.4) is 0 Å². The van der Waals surface area contributed by atoms with Crippen molar-refractivity contribution in [3.8, 4) is 0 Å². The van der Waals surface area contributed by atoms with Gasteiger partial charge in [0.2, 0.25) is 0 Å². The Labute approximate surface area is 85.3 Å². The number of benzene rings is 1. The summed E-state index contributed by atoms with van der Waals surface area (Å²) >= 11 is 0. The Morgan fingerprint density at radius 3 is 2.36 bits per heavy atom. The van der Waals surface area contributed by atoms with E-state index in [1.54, 1.807) is 18.4 Å². The van der Waals surface area contributed by atoms with E-state index in [0.717, 1.165) is 29.6 Å². The molecule has 0 N–H and O–H groups in total. The lowest BCUT2D eigenvalue weighted by Gasteiger charge is -2.17. The number of hydrogen-bond donors (Lipinski definition) is 0. The van der Waals surface area contributed by atoms with Gasteiger partial charge in [0.1, 0.15) is 0 Å². The minimum atomic E-state index is 0.950. The lowest BCUT2D eigenvalue weighted by Crippen LogP contribution is -2.04. The fraction of sp³-hybridized carbons (Fsp3) is 0.571. The Morgan fingerprint density at radius 2 is 1.79 bits per heavy atom. The average molecular weight is 184 g/mol. The second-order valence-electron chi connectivity index (χ2n) is 5.52. The summed E-state index contributed by atoms with van der Waals surface area (Å²) in [6.45, 7) is 2.28. The van der Waals surface area contributed by atoms with Crippen LogP contribution in [0.25, 0.3) is 0 Å². The maximum absolute atomic E-state index is 2.37. The van der Waals surface area contributed by atoms with Crippen molar-refractivity contribution in [2.45, 2.75) is 25.7 Å². The first-order valence-corrected chi connectivity index (χ1v) is 5.92. The molecule has 0 amide bonds. The Balaban J connectivity index is 1.80. The van der Waals surface area contributed by atoms with E-state index >= 15 is 0 Å². The quantitative estimate of drug-likeness (QED) is 0.627. The number of hydrogen-bond acceptors (Lipinski definition) is 0. The fourth-order valence-electron chi connectivity index (χ4n) is 4.50. The van der Waals surface area contributed by atoms with Gasteiger partial charge in [-0.15, -0.1) is 0 Å². The first-order chi connectivity index (χ1) is 6.86. The van der Waals surface area contributed by atoms with E-state index in [-0.39, 0.29) is 0 Å². The van der Waals surface area contributed by atoms with Crippen LogP contribution in [0, 0.1) is 30.6 Å². The van der Waals surface area contributed by atoms with Gasteiger partial charge >= 0.3 is 0 Å². The SMILES string of the molecule is Cc1ccccc1C1C2CC3C(C2)C31. The van der Waals surface area contributed by atoms with E-state index < -0.39 is 0 Å². The van der Waals surface area contributed by atoms with Gasteiger partial charge in [-0.2, -0.15) is 0 Å². The van der Waals surface area contributed by atoms with Crippen molar-refractivity contribution in [3.05, 3.63) is 35.4 Å². The summed E-state index contributed by atoms with van der Waals surface area (Å²) in [5, 5.41) is 0. The van der Waals surface area contributed by atoms with E-state index in [1.165, 1.54) is 5.56 Å². The van der Waals surface area contributed by atoms with Crippen LogP contribution in [-0.4, -0.2) is 0 Å². The van der Waals surface area contributed by atoms with Crippen LogP contribution in [0.5, 0.6) is 0 Å². The lowest BCUT2D eigenvalue weighted by molar-refractivity contribution is 0.526. The smallest absolute Gasteiger partial charge is 0.00969 e. The van der Waals surface area contributed by atoms with Crippen LogP contribution in [0.1, 0.15) is 29.9 Å². The molecule has 4 saturated carbocycles. The van der Waals surface area contributed by atoms with Crippen LogP contribution >= 0.6 is 0 Å². The molecule has 5 rings (SSSR count). The van der Waals surface area contributed by atoms with Crippen molar-refractivity contribution in [2.75, 3.05) is 0 Å². The van der Waals surface area contributed by atoms with Crippen LogP contribution in [0.4, 0.5) is 0 Å². The van der Waals surface area contributed by atoms with Gasteiger partial charge in [-0.1, -0.05) is 24.3 Å². The standard InChI is InChI=1S/C14H16/c1-8-4-2-3-5-10(8)13-9-6-11-12(7-9)14(11)13/h2-5,9,11-14H,6-7H2,1H3. The van der Waals surface area contributed by atoms with Gasteiger partial charge in [0.15, 0.2) is 0 Å². The summed E-state index contributed by atoms with van der Waals surface area (Å²) in [7, 11) is 0. The van der Waals surface area contributed by atoms with Gasteiger partial charge < -0.3 is 0 Å². The molecule has 3 unspecified atom stereocenters. The molecule has 0 spiro atoms. The monoisotopic (exact) mass is 184 g/mol. The predicted molar refractivity (Wildman–Crippen MR) is 57.1 cm³/mol. The Bertz CT molecular complexity index is 379. The lowest BCUT2D eigenvalue weighted by atomic mass is 9.87. The van der Waals surface area contributed by atoms with Crippen molar-refractivity contribution in [1.29, 1.82) is 0 Å². The molecule has 0 nitrogen and oxygen atoms in total. The van der Waals surface area contributed by atoms with Crippen molar-refractivity contribution in [2.24, 2.45) is 23.7 Å². The minimum Gasteiger partial charge on any atom is -0.0620 e. The Hall–Kier alpha value is -0.780. The van der Waals surface area contributed by atoms with Crippen LogP contribution in [-0.2, 0) is 0 Å². The molecule has 1 aromatic rings. The third kappa shape index (κ3) is 0.724. The number of rotatable bonds is 1. The van der Waals surface area contributed by atoms with Gasteiger partial charge in [-0.3, -0.25) is 0 Å². The van der Waals surface area contributed by atoms with E-state index in [9.17, 15) is 0 Å². The molecular weight excluding hydrogens is 168 g/mol. The van der Waals surface area contributed by atoms with Crippen molar-refractivity contribution in [1.82, 2.24) is 0 Å². The highest BCUT2D eigenvalue weighted by Gasteiger charge is 2.68. The van der Waals surface area contributed by atoms with E-state index in [2.05, 4.69) is 31.2 Å². The third-order valence-electron chi connectivity index (χ3n) is 5.02. The summed E-state index contributed by atoms with van der Waals surface area (Å²) in [5.41, 5.74) is 3.20. The highest BCUT2D eigenvalue weighted by molar-refractivity contribution is 5.36. The molecule has 4 aliphatic carbocycles. The van der Waals surface area contributed by atoms with E-state index in [4.69, 9.17) is 0 Å². The Kier molecular flexibility index (Phi) is 1.20. The highest BCUT2D eigenvalue weighted by Crippen LogP contribution is 2.76. The van der Waals surface area contributed by atoms with Crippen molar-refractivity contribution in [3.63, 3.8) is 0 Å². The average Bonchev–Trinajstić information content (AvgIpc) is 2.62. The zero-order valence-corrected chi connectivity index (χ0v) is 8.61. The molecule has 3 atom stereocenters. The summed E-state index contributed by atoms with van der Waals surface area (Å²) < 4.78 is 0. The van der Waals surface area contributed by atoms with Crippen LogP contribution < -0.4 is 0 Å². The third-order valence-corrected chi connectivity index (χ3v) is 5.02. The predicted octanol–water partition coefficient (Wildman–Crippen LogP) is 3.36. The molecule has 0 heterocycles. The van der Waals surface area contributed by atoms with Crippen molar-refractivity contribution >= 4 is 0 Å². The molecule has 1 aromatic carbocycles. The molecule has 0 radical (unpaired) electrons. The molecular formula is C14H16. The van der Waals surface area contributed by atoms with E-state index in [1.807, 2.05) is 0 Å². The maximum Gasteiger partial charge on any atom is -0.00969 e. The molecule has 4 aliphatic rings. The van der Waals surface area contributed by atoms with Gasteiger partial charge in [0, 0.05) is 0 Å². The maximum atomic E-state index is 2.37. The normalized spacial score (nSPS) is 47.1. The second-order valence-corrected chi connectivity index (χ2v) is 5.52. The second kappa shape index (κ2) is 2.24. The first-order valence-electron chi connectivity index (χ1n) is 5.92. The molecule has 0 aromatic heterocycles. The van der Waals surface area contributed by atoms with Crippen LogP contribution in [0.2, 0.25) is 0 Å². The molecule has 14 heavy (non-hydrogen) atoms. The molecule has 4 bridgehead atoms. The van der Waals surface area contributed by atoms with Crippen molar-refractivity contribution < 1.29 is 0 Å². The van der Waals surface area contributed by atoms with Gasteiger partial charge in [0.25, 0.3) is 0 Å². The molecule has 4 fully saturated rings. The van der Waals surface area contributed by atoms with E-state index in [0.29, 0.717) is 0 Å². The van der Waals surface area contributed by atoms with Gasteiger partial charge in [-0.05, 0) is 60.5 Å². The Morgan fingerprint density at radius 1 is 1.07 bits per heavy atom. The summed E-state index contributed by atoms with van der Waals surface area (Å²) in [5.74, 6) is 5.39. The van der Waals surface area contributed by atoms with Gasteiger partial charge in [0.05, 0.1) is 0 Å². The topological polar surface area (TPSA) is 0 Å². The van der Waals surface area contributed by atoms with Gasteiger partial charge in [-0.25, -0.2) is 0 Å². The first kappa shape index (κ1) is 7.50. The summed E-state index contributed by atoms with van der Waals surface area (Å²) in [4.78, 5) is 0. The zero-order chi connectivity index (χ0) is 9.28. The molecule has 0 aliphatic heterocycles. The van der Waals surface area contributed by atoms with Crippen LogP contribution in [0.15, 0.2) is 24.3 Å². The largest absolute Gasteiger partial charge is 0.0620 e. The minimum absolute atomic E-state index is 0.950. The molecule has 72 valence electrons. The fourth-order valence-corrected chi connectivity index (χ4v) is 4.50. The molecule has 0 saturated heterocycles. The zero-order valence-electron chi connectivity index (χ0n) is 8.61. The number of aryl methyl sites for hydroxylation is 1. The highest BCUT2D eigenvalue weighted by atomic mass is 14.7. The summed E-state index contributed by atoms with van der Waals surface area (Å²) in [6, 6.07) is 9.04.